The predicted molar refractivity (Wildman–Crippen MR) is 80.9 cm³/mol. The van der Waals surface area contributed by atoms with E-state index in [9.17, 15) is 4.79 Å². The Morgan fingerprint density at radius 2 is 2.15 bits per heavy atom. The first-order valence-corrected chi connectivity index (χ1v) is 7.05. The summed E-state index contributed by atoms with van der Waals surface area (Å²) in [6.07, 6.45) is 1.22. The minimum absolute atomic E-state index is 0.0913. The molecular formula is C16H19N3O. The molecule has 0 saturated heterocycles. The van der Waals surface area contributed by atoms with Gasteiger partial charge in [0.25, 0.3) is 5.91 Å². The van der Waals surface area contributed by atoms with Gasteiger partial charge in [-0.3, -0.25) is 4.79 Å². The molecule has 0 spiro atoms. The third kappa shape index (κ3) is 2.46. The van der Waals surface area contributed by atoms with Gasteiger partial charge in [-0.1, -0.05) is 31.2 Å². The summed E-state index contributed by atoms with van der Waals surface area (Å²) in [6.45, 7) is 2.97. The Labute approximate surface area is 118 Å². The molecule has 3 rings (SSSR count). The molecule has 0 bridgehead atoms. The van der Waals surface area contributed by atoms with Crippen LogP contribution in [0.4, 0.5) is 5.82 Å². The van der Waals surface area contributed by atoms with E-state index in [1.165, 1.54) is 6.42 Å². The monoisotopic (exact) mass is 269 g/mol. The van der Waals surface area contributed by atoms with Crippen LogP contribution in [0.2, 0.25) is 0 Å². The van der Waals surface area contributed by atoms with Gasteiger partial charge >= 0.3 is 0 Å². The van der Waals surface area contributed by atoms with E-state index in [0.29, 0.717) is 11.6 Å². The SMILES string of the molecule is CNc1nc(C(=O)NCC2CC2C)cc2ccccc12. The Hall–Kier alpha value is -2.10. The second-order valence-corrected chi connectivity index (χ2v) is 5.51. The van der Waals surface area contributed by atoms with Crippen molar-refractivity contribution in [3.63, 3.8) is 0 Å². The standard InChI is InChI=1S/C16H19N3O/c1-10-7-12(10)9-18-16(20)14-8-11-5-3-4-6-13(11)15(17-2)19-14/h3-6,8,10,12H,7,9H2,1-2H3,(H,17,19)(H,18,20). The predicted octanol–water partition coefficient (Wildman–Crippen LogP) is 2.66. The number of nitrogens with zero attached hydrogens (tertiary/aromatic N) is 1. The average molecular weight is 269 g/mol. The number of amides is 1. The summed E-state index contributed by atoms with van der Waals surface area (Å²) in [4.78, 5) is 16.6. The molecule has 2 atom stereocenters. The van der Waals surface area contributed by atoms with Crippen LogP contribution in [0.1, 0.15) is 23.8 Å². The van der Waals surface area contributed by atoms with Crippen LogP contribution in [0.15, 0.2) is 30.3 Å². The summed E-state index contributed by atoms with van der Waals surface area (Å²) in [7, 11) is 1.82. The van der Waals surface area contributed by atoms with Crippen molar-refractivity contribution >= 4 is 22.5 Å². The maximum absolute atomic E-state index is 12.2. The van der Waals surface area contributed by atoms with Gasteiger partial charge in [0.15, 0.2) is 0 Å². The van der Waals surface area contributed by atoms with Gasteiger partial charge in [0, 0.05) is 19.0 Å². The summed E-state index contributed by atoms with van der Waals surface area (Å²) >= 11 is 0. The van der Waals surface area contributed by atoms with Crippen molar-refractivity contribution in [2.45, 2.75) is 13.3 Å². The lowest BCUT2D eigenvalue weighted by Gasteiger charge is -2.09. The van der Waals surface area contributed by atoms with Crippen LogP contribution in [-0.4, -0.2) is 24.5 Å². The molecule has 0 radical (unpaired) electrons. The number of rotatable bonds is 4. The van der Waals surface area contributed by atoms with Gasteiger partial charge < -0.3 is 10.6 Å². The number of hydrogen-bond acceptors (Lipinski definition) is 3. The van der Waals surface area contributed by atoms with Crippen LogP contribution in [-0.2, 0) is 0 Å². The molecule has 1 saturated carbocycles. The van der Waals surface area contributed by atoms with E-state index in [1.54, 1.807) is 0 Å². The first kappa shape index (κ1) is 12.9. The lowest BCUT2D eigenvalue weighted by Crippen LogP contribution is -2.27. The van der Waals surface area contributed by atoms with Crippen molar-refractivity contribution in [3.8, 4) is 0 Å². The number of nitrogens with one attached hydrogen (secondary N) is 2. The van der Waals surface area contributed by atoms with Crippen LogP contribution in [0.5, 0.6) is 0 Å². The lowest BCUT2D eigenvalue weighted by molar-refractivity contribution is 0.0946. The third-order valence-electron chi connectivity index (χ3n) is 4.01. The summed E-state index contributed by atoms with van der Waals surface area (Å²) in [5.74, 6) is 2.04. The molecule has 1 amide bonds. The van der Waals surface area contributed by atoms with Crippen LogP contribution in [0.25, 0.3) is 10.8 Å². The Morgan fingerprint density at radius 1 is 1.40 bits per heavy atom. The number of benzene rings is 1. The zero-order chi connectivity index (χ0) is 14.1. The van der Waals surface area contributed by atoms with Crippen molar-refractivity contribution in [2.24, 2.45) is 11.8 Å². The fourth-order valence-electron chi connectivity index (χ4n) is 2.50. The average Bonchev–Trinajstić information content (AvgIpc) is 3.19. The van der Waals surface area contributed by atoms with Gasteiger partial charge in [0.1, 0.15) is 11.5 Å². The highest BCUT2D eigenvalue weighted by Crippen LogP contribution is 2.36. The highest BCUT2D eigenvalue weighted by atomic mass is 16.1. The molecule has 1 aromatic carbocycles. The van der Waals surface area contributed by atoms with Gasteiger partial charge in [0.2, 0.25) is 0 Å². The van der Waals surface area contributed by atoms with Crippen molar-refractivity contribution in [1.82, 2.24) is 10.3 Å². The first-order valence-electron chi connectivity index (χ1n) is 7.05. The van der Waals surface area contributed by atoms with Crippen LogP contribution >= 0.6 is 0 Å². The Kier molecular flexibility index (Phi) is 3.30. The number of carbonyl (C=O) groups excluding carboxylic acids is 1. The molecule has 0 aliphatic heterocycles. The normalized spacial score (nSPS) is 20.7. The molecule has 4 heteroatoms. The van der Waals surface area contributed by atoms with Crippen LogP contribution in [0, 0.1) is 11.8 Å². The molecule has 1 heterocycles. The molecule has 1 fully saturated rings. The zero-order valence-electron chi connectivity index (χ0n) is 11.8. The highest BCUT2D eigenvalue weighted by Gasteiger charge is 2.32. The van der Waals surface area contributed by atoms with E-state index in [4.69, 9.17) is 0 Å². The van der Waals surface area contributed by atoms with Gasteiger partial charge in [-0.2, -0.15) is 0 Å². The number of carbonyl (C=O) groups is 1. The largest absolute Gasteiger partial charge is 0.373 e. The number of pyridine rings is 1. The van der Waals surface area contributed by atoms with E-state index in [-0.39, 0.29) is 5.91 Å². The van der Waals surface area contributed by atoms with Crippen molar-refractivity contribution in [3.05, 3.63) is 36.0 Å². The topological polar surface area (TPSA) is 54.0 Å². The summed E-state index contributed by atoms with van der Waals surface area (Å²) in [5, 5.41) is 8.09. The molecule has 2 N–H and O–H groups in total. The number of fused-ring (bicyclic) bond motifs is 1. The van der Waals surface area contributed by atoms with E-state index >= 15 is 0 Å². The van der Waals surface area contributed by atoms with Gasteiger partial charge in [-0.25, -0.2) is 4.98 Å². The Balaban J connectivity index is 1.85. The smallest absolute Gasteiger partial charge is 0.270 e. The van der Waals surface area contributed by atoms with Gasteiger partial charge in [-0.05, 0) is 29.7 Å². The lowest BCUT2D eigenvalue weighted by atomic mass is 10.1. The van der Waals surface area contributed by atoms with E-state index in [2.05, 4.69) is 22.5 Å². The second-order valence-electron chi connectivity index (χ2n) is 5.51. The third-order valence-corrected chi connectivity index (χ3v) is 4.01. The van der Waals surface area contributed by atoms with Crippen molar-refractivity contribution in [2.75, 3.05) is 18.9 Å². The highest BCUT2D eigenvalue weighted by molar-refractivity contribution is 6.00. The number of aromatic nitrogens is 1. The van der Waals surface area contributed by atoms with E-state index < -0.39 is 0 Å². The molecule has 1 aromatic heterocycles. The maximum Gasteiger partial charge on any atom is 0.270 e. The molecule has 1 aliphatic rings. The molecule has 2 unspecified atom stereocenters. The van der Waals surface area contributed by atoms with E-state index in [0.717, 1.165) is 29.1 Å². The van der Waals surface area contributed by atoms with Gasteiger partial charge in [-0.15, -0.1) is 0 Å². The first-order chi connectivity index (χ1) is 9.69. The number of anilines is 1. The zero-order valence-corrected chi connectivity index (χ0v) is 11.8. The maximum atomic E-state index is 12.2. The number of hydrogen-bond donors (Lipinski definition) is 2. The molecule has 104 valence electrons. The van der Waals surface area contributed by atoms with E-state index in [1.807, 2.05) is 37.4 Å². The molecule has 2 aromatic rings. The fourth-order valence-corrected chi connectivity index (χ4v) is 2.50. The quantitative estimate of drug-likeness (QED) is 0.897. The second kappa shape index (κ2) is 5.12. The summed E-state index contributed by atoms with van der Waals surface area (Å²) in [6, 6.07) is 9.79. The van der Waals surface area contributed by atoms with Gasteiger partial charge in [0.05, 0.1) is 0 Å². The van der Waals surface area contributed by atoms with Crippen molar-refractivity contribution in [1.29, 1.82) is 0 Å². The van der Waals surface area contributed by atoms with Crippen LogP contribution < -0.4 is 10.6 Å². The molecular weight excluding hydrogens is 250 g/mol. The molecule has 20 heavy (non-hydrogen) atoms. The minimum Gasteiger partial charge on any atom is -0.373 e. The summed E-state index contributed by atoms with van der Waals surface area (Å²) in [5.41, 5.74) is 0.473. The summed E-state index contributed by atoms with van der Waals surface area (Å²) < 4.78 is 0. The van der Waals surface area contributed by atoms with Crippen molar-refractivity contribution < 1.29 is 4.79 Å². The Morgan fingerprint density at radius 3 is 2.85 bits per heavy atom. The molecule has 1 aliphatic carbocycles. The Bertz CT molecular complexity index is 653. The minimum atomic E-state index is -0.0913. The van der Waals surface area contributed by atoms with Crippen LogP contribution in [0.3, 0.4) is 0 Å². The fraction of sp³-hybridized carbons (Fsp3) is 0.375. The molecule has 4 nitrogen and oxygen atoms in total.